The molecule has 6 nitrogen and oxygen atoms in total. The molecule has 1 N–H and O–H groups in total. The van der Waals surface area contributed by atoms with E-state index in [1.165, 1.54) is 36.1 Å². The third-order valence-electron chi connectivity index (χ3n) is 4.16. The van der Waals surface area contributed by atoms with Crippen LogP contribution in [0.1, 0.15) is 54.9 Å². The number of aryl methyl sites for hydroxylation is 1. The average Bonchev–Trinajstić information content (AvgIpc) is 2.67. The molecule has 0 saturated heterocycles. The molecule has 0 aliphatic rings. The number of benzene rings is 1. The maximum atomic E-state index is 12.1. The number of hydrogen-bond acceptors (Lipinski definition) is 4. The summed E-state index contributed by atoms with van der Waals surface area (Å²) in [5, 5.41) is 3.97. The Bertz CT molecular complexity index is 827. The normalized spacial score (nSPS) is 10.9. The van der Waals surface area contributed by atoms with Crippen LogP contribution in [0.15, 0.2) is 52.5 Å². The summed E-state index contributed by atoms with van der Waals surface area (Å²) in [7, 11) is 1.60. The number of hydrazone groups is 1. The number of rotatable bonds is 10. The van der Waals surface area contributed by atoms with Gasteiger partial charge >= 0.3 is 0 Å². The maximum Gasteiger partial charge on any atom is 0.276 e. The van der Waals surface area contributed by atoms with Crippen molar-refractivity contribution in [3.63, 3.8) is 0 Å². The number of carbonyl (C=O) groups is 1. The van der Waals surface area contributed by atoms with Gasteiger partial charge < -0.3 is 9.30 Å². The summed E-state index contributed by atoms with van der Waals surface area (Å²) in [6, 6.07) is 10.6. The molecule has 1 aromatic heterocycles. The van der Waals surface area contributed by atoms with E-state index in [1.54, 1.807) is 19.3 Å². The van der Waals surface area contributed by atoms with E-state index in [4.69, 9.17) is 4.74 Å². The van der Waals surface area contributed by atoms with Gasteiger partial charge in [-0.2, -0.15) is 5.10 Å². The van der Waals surface area contributed by atoms with Crippen molar-refractivity contribution in [3.05, 3.63) is 64.1 Å². The van der Waals surface area contributed by atoms with Gasteiger partial charge in [-0.15, -0.1) is 0 Å². The van der Waals surface area contributed by atoms with E-state index in [0.29, 0.717) is 6.61 Å². The highest BCUT2D eigenvalue weighted by molar-refractivity contribution is 5.94. The molecule has 1 heterocycles. The van der Waals surface area contributed by atoms with Crippen LogP contribution >= 0.6 is 0 Å². The number of nitrogens with one attached hydrogen (secondary N) is 1. The molecule has 1 aromatic carbocycles. The number of ether oxygens (including phenoxy) is 1. The molecular weight excluding hydrogens is 342 g/mol. The third-order valence-corrected chi connectivity index (χ3v) is 4.16. The average molecular weight is 369 g/mol. The van der Waals surface area contributed by atoms with Crippen molar-refractivity contribution in [2.24, 2.45) is 12.1 Å². The molecular formula is C21H27N3O3. The molecule has 1 amide bonds. The van der Waals surface area contributed by atoms with Gasteiger partial charge in [0, 0.05) is 18.8 Å². The Morgan fingerprint density at radius 2 is 1.93 bits per heavy atom. The number of unbranched alkanes of at least 4 members (excludes halogenated alkanes) is 4. The van der Waals surface area contributed by atoms with Crippen molar-refractivity contribution in [1.29, 1.82) is 0 Å². The Morgan fingerprint density at radius 1 is 1.15 bits per heavy atom. The lowest BCUT2D eigenvalue weighted by Gasteiger charge is -2.08. The largest absolute Gasteiger partial charge is 0.493 e. The summed E-state index contributed by atoms with van der Waals surface area (Å²) < 4.78 is 7.19. The summed E-state index contributed by atoms with van der Waals surface area (Å²) >= 11 is 0. The van der Waals surface area contributed by atoms with E-state index >= 15 is 0 Å². The van der Waals surface area contributed by atoms with Gasteiger partial charge in [0.2, 0.25) is 0 Å². The molecule has 0 fully saturated rings. The van der Waals surface area contributed by atoms with Crippen LogP contribution in [-0.2, 0) is 7.05 Å². The second kappa shape index (κ2) is 11.0. The van der Waals surface area contributed by atoms with E-state index < -0.39 is 5.91 Å². The quantitative estimate of drug-likeness (QED) is 0.396. The van der Waals surface area contributed by atoms with E-state index in [-0.39, 0.29) is 11.1 Å². The van der Waals surface area contributed by atoms with Gasteiger partial charge in [-0.1, -0.05) is 44.7 Å². The number of aromatic nitrogens is 1. The predicted octanol–water partition coefficient (Wildman–Crippen LogP) is 3.50. The Balaban J connectivity index is 1.92. The molecule has 0 radical (unpaired) electrons. The fourth-order valence-electron chi connectivity index (χ4n) is 2.60. The topological polar surface area (TPSA) is 72.7 Å². The fourth-order valence-corrected chi connectivity index (χ4v) is 2.60. The van der Waals surface area contributed by atoms with Gasteiger partial charge in [-0.05, 0) is 30.7 Å². The first-order chi connectivity index (χ1) is 13.1. The number of pyridine rings is 1. The first-order valence-electron chi connectivity index (χ1n) is 9.34. The van der Waals surface area contributed by atoms with E-state index in [0.717, 1.165) is 24.2 Å². The minimum Gasteiger partial charge on any atom is -0.493 e. The van der Waals surface area contributed by atoms with Crippen LogP contribution in [-0.4, -0.2) is 23.3 Å². The molecule has 0 saturated carbocycles. The van der Waals surface area contributed by atoms with E-state index in [1.807, 2.05) is 24.3 Å². The van der Waals surface area contributed by atoms with Crippen molar-refractivity contribution < 1.29 is 9.53 Å². The molecule has 6 heteroatoms. The summed E-state index contributed by atoms with van der Waals surface area (Å²) in [5.74, 6) is 0.184. The molecule has 0 atom stereocenters. The standard InChI is InChI=1S/C21H27N3O3/c1-3-4-5-6-9-15-27-19-13-8-7-11-17(19)16-22-23-20(25)18-12-10-14-24(2)21(18)26/h7-8,10-14,16H,3-6,9,15H2,1-2H3,(H,23,25)/b22-16-. The SMILES string of the molecule is CCCCCCCOc1ccccc1/C=N\NC(=O)c1cccn(C)c1=O. The van der Waals surface area contributed by atoms with Gasteiger partial charge in [-0.25, -0.2) is 5.43 Å². The highest BCUT2D eigenvalue weighted by Gasteiger charge is 2.09. The lowest BCUT2D eigenvalue weighted by molar-refractivity contribution is 0.0953. The zero-order valence-electron chi connectivity index (χ0n) is 16.0. The molecule has 0 spiro atoms. The van der Waals surface area contributed by atoms with Gasteiger partial charge in [-0.3, -0.25) is 9.59 Å². The Hall–Kier alpha value is -2.89. The molecule has 2 rings (SSSR count). The maximum absolute atomic E-state index is 12.1. The van der Waals surface area contributed by atoms with Crippen LogP contribution in [0.3, 0.4) is 0 Å². The van der Waals surface area contributed by atoms with Crippen LogP contribution in [0, 0.1) is 0 Å². The minimum absolute atomic E-state index is 0.0498. The molecule has 0 aliphatic heterocycles. The van der Waals surface area contributed by atoms with Crippen molar-refractivity contribution >= 4 is 12.1 Å². The van der Waals surface area contributed by atoms with Crippen LogP contribution in [0.2, 0.25) is 0 Å². The predicted molar refractivity (Wildman–Crippen MR) is 107 cm³/mol. The number of carbonyl (C=O) groups excluding carboxylic acids is 1. The van der Waals surface area contributed by atoms with Crippen LogP contribution in [0.5, 0.6) is 5.75 Å². The van der Waals surface area contributed by atoms with Gasteiger partial charge in [0.15, 0.2) is 0 Å². The van der Waals surface area contributed by atoms with Gasteiger partial charge in [0.25, 0.3) is 11.5 Å². The lowest BCUT2D eigenvalue weighted by atomic mass is 10.2. The number of amides is 1. The van der Waals surface area contributed by atoms with Crippen LogP contribution in [0.25, 0.3) is 0 Å². The zero-order chi connectivity index (χ0) is 19.5. The summed E-state index contributed by atoms with van der Waals surface area (Å²) in [6.07, 6.45) is 9.00. The summed E-state index contributed by atoms with van der Waals surface area (Å²) in [6.45, 7) is 2.85. The minimum atomic E-state index is -0.540. The molecule has 2 aromatic rings. The third kappa shape index (κ3) is 6.40. The highest BCUT2D eigenvalue weighted by atomic mass is 16.5. The number of nitrogens with zero attached hydrogens (tertiary/aromatic N) is 2. The Morgan fingerprint density at radius 3 is 2.74 bits per heavy atom. The van der Waals surface area contributed by atoms with Crippen LogP contribution < -0.4 is 15.7 Å². The van der Waals surface area contributed by atoms with Crippen molar-refractivity contribution in [1.82, 2.24) is 9.99 Å². The molecule has 144 valence electrons. The van der Waals surface area contributed by atoms with E-state index in [9.17, 15) is 9.59 Å². The Labute approximate surface area is 159 Å². The van der Waals surface area contributed by atoms with Crippen molar-refractivity contribution in [3.8, 4) is 5.75 Å². The molecule has 27 heavy (non-hydrogen) atoms. The second-order valence-electron chi connectivity index (χ2n) is 6.34. The number of para-hydroxylation sites is 1. The van der Waals surface area contributed by atoms with Crippen molar-refractivity contribution in [2.45, 2.75) is 39.0 Å². The smallest absolute Gasteiger partial charge is 0.276 e. The fraction of sp³-hybridized carbons (Fsp3) is 0.381. The first kappa shape index (κ1) is 20.4. The Kier molecular flexibility index (Phi) is 8.29. The lowest BCUT2D eigenvalue weighted by Crippen LogP contribution is -2.29. The molecule has 0 unspecified atom stereocenters. The second-order valence-corrected chi connectivity index (χ2v) is 6.34. The zero-order valence-corrected chi connectivity index (χ0v) is 16.0. The molecule has 0 bridgehead atoms. The van der Waals surface area contributed by atoms with E-state index in [2.05, 4.69) is 17.5 Å². The first-order valence-corrected chi connectivity index (χ1v) is 9.34. The monoisotopic (exact) mass is 369 g/mol. The summed E-state index contributed by atoms with van der Waals surface area (Å²) in [4.78, 5) is 24.1. The highest BCUT2D eigenvalue weighted by Crippen LogP contribution is 2.16. The number of hydrogen-bond donors (Lipinski definition) is 1. The molecule has 0 aliphatic carbocycles. The summed E-state index contributed by atoms with van der Waals surface area (Å²) in [5.41, 5.74) is 2.85. The van der Waals surface area contributed by atoms with Gasteiger partial charge in [0.05, 0.1) is 12.8 Å². The van der Waals surface area contributed by atoms with Crippen LogP contribution in [0.4, 0.5) is 0 Å². The van der Waals surface area contributed by atoms with Crippen molar-refractivity contribution in [2.75, 3.05) is 6.61 Å². The van der Waals surface area contributed by atoms with Gasteiger partial charge in [0.1, 0.15) is 11.3 Å².